The number of fused-ring (bicyclic) bond motifs is 1. The van der Waals surface area contributed by atoms with Gasteiger partial charge in [0, 0.05) is 43.2 Å². The summed E-state index contributed by atoms with van der Waals surface area (Å²) in [6.07, 6.45) is 4.60. The van der Waals surface area contributed by atoms with E-state index in [2.05, 4.69) is 24.6 Å². The van der Waals surface area contributed by atoms with Gasteiger partial charge in [0.25, 0.3) is 15.6 Å². The van der Waals surface area contributed by atoms with Gasteiger partial charge in [-0.1, -0.05) is 0 Å². The second kappa shape index (κ2) is 11.3. The number of nitrogens with zero attached hydrogens (tertiary/aromatic N) is 5. The van der Waals surface area contributed by atoms with Crippen LogP contribution in [0.5, 0.6) is 11.6 Å². The van der Waals surface area contributed by atoms with Crippen LogP contribution >= 0.6 is 11.3 Å². The smallest absolute Gasteiger partial charge is 0.300 e. The minimum absolute atomic E-state index is 0.108. The van der Waals surface area contributed by atoms with E-state index in [0.29, 0.717) is 53.8 Å². The van der Waals surface area contributed by atoms with Crippen LogP contribution in [0.2, 0.25) is 0 Å². The Hall–Kier alpha value is -3.59. The molecule has 206 valence electrons. The number of morpholine rings is 1. The number of pyridine rings is 2. The zero-order chi connectivity index (χ0) is 27.6. The molecule has 1 aliphatic heterocycles. The maximum Gasteiger partial charge on any atom is 0.300 e. The van der Waals surface area contributed by atoms with Crippen LogP contribution in [0.15, 0.2) is 45.8 Å². The molecule has 0 atom stereocenters. The van der Waals surface area contributed by atoms with Gasteiger partial charge in [-0.25, -0.2) is 23.4 Å². The van der Waals surface area contributed by atoms with Crippen LogP contribution in [-0.2, 0) is 14.8 Å². The van der Waals surface area contributed by atoms with Crippen molar-refractivity contribution in [3.63, 3.8) is 0 Å². The van der Waals surface area contributed by atoms with Crippen molar-refractivity contribution in [2.75, 3.05) is 51.3 Å². The lowest BCUT2D eigenvalue weighted by molar-refractivity contribution is 0.0321. The van der Waals surface area contributed by atoms with Gasteiger partial charge in [-0.2, -0.15) is 0 Å². The van der Waals surface area contributed by atoms with E-state index in [1.54, 1.807) is 44.4 Å². The van der Waals surface area contributed by atoms with E-state index in [9.17, 15) is 13.2 Å². The normalized spacial score (nSPS) is 14.4. The molecule has 1 aliphatic rings. The fourth-order valence-electron chi connectivity index (χ4n) is 4.24. The third-order valence-corrected chi connectivity index (χ3v) is 9.21. The molecule has 0 saturated carbocycles. The van der Waals surface area contributed by atoms with Crippen molar-refractivity contribution >= 4 is 32.7 Å². The lowest BCUT2D eigenvalue weighted by Gasteiger charge is -2.26. The third-order valence-electron chi connectivity index (χ3n) is 6.17. The number of nitrogens with one attached hydrogen (secondary N) is 1. The van der Waals surface area contributed by atoms with Crippen LogP contribution in [0.1, 0.15) is 10.7 Å². The monoisotopic (exact) mass is 572 g/mol. The first-order chi connectivity index (χ1) is 18.7. The topological polar surface area (TPSA) is 137 Å². The second-order valence-electron chi connectivity index (χ2n) is 8.87. The number of hydrogen-bond acceptors (Lipinski definition) is 11. The van der Waals surface area contributed by atoms with Gasteiger partial charge in [-0.05, 0) is 32.0 Å². The quantitative estimate of drug-likeness (QED) is 0.318. The fourth-order valence-corrected chi connectivity index (χ4v) is 6.77. The van der Waals surface area contributed by atoms with Crippen LogP contribution in [0.3, 0.4) is 0 Å². The SMILES string of the molecule is COc1ncc(-c2ccc3ncc(OCCN4CCOCC4)c(=O)n3c2)cc1NS(=O)(=O)c1sc(C)nc1C. The largest absolute Gasteiger partial charge is 0.485 e. The van der Waals surface area contributed by atoms with Crippen LogP contribution in [0, 0.1) is 13.8 Å². The number of methoxy groups -OCH3 is 1. The summed E-state index contributed by atoms with van der Waals surface area (Å²) in [5.41, 5.74) is 1.86. The van der Waals surface area contributed by atoms with Gasteiger partial charge in [-0.15, -0.1) is 11.3 Å². The van der Waals surface area contributed by atoms with Crippen LogP contribution in [-0.4, -0.2) is 79.2 Å². The maximum absolute atomic E-state index is 13.2. The van der Waals surface area contributed by atoms with Gasteiger partial charge in [-0.3, -0.25) is 18.8 Å². The number of rotatable bonds is 9. The molecule has 5 heterocycles. The number of ether oxygens (including phenoxy) is 3. The molecule has 14 heteroatoms. The zero-order valence-electron chi connectivity index (χ0n) is 21.7. The molecule has 1 saturated heterocycles. The minimum atomic E-state index is -3.93. The fraction of sp³-hybridized carbons (Fsp3) is 0.360. The number of aromatic nitrogens is 4. The first-order valence-electron chi connectivity index (χ1n) is 12.2. The lowest BCUT2D eigenvalue weighted by atomic mass is 10.1. The highest BCUT2D eigenvalue weighted by atomic mass is 32.2. The van der Waals surface area contributed by atoms with Crippen molar-refractivity contribution in [2.24, 2.45) is 0 Å². The van der Waals surface area contributed by atoms with E-state index < -0.39 is 10.0 Å². The first-order valence-corrected chi connectivity index (χ1v) is 14.5. The lowest BCUT2D eigenvalue weighted by Crippen LogP contribution is -2.38. The molecule has 0 aliphatic carbocycles. The molecule has 0 spiro atoms. The molecule has 0 amide bonds. The number of aryl methyl sites for hydroxylation is 2. The van der Waals surface area contributed by atoms with Crippen LogP contribution < -0.4 is 19.8 Å². The molecule has 0 aromatic carbocycles. The average molecular weight is 573 g/mol. The molecular weight excluding hydrogens is 544 g/mol. The number of sulfonamides is 1. The first kappa shape index (κ1) is 27.0. The summed E-state index contributed by atoms with van der Waals surface area (Å²) >= 11 is 1.08. The molecule has 0 unspecified atom stereocenters. The van der Waals surface area contributed by atoms with Gasteiger partial charge in [0.2, 0.25) is 11.6 Å². The molecule has 0 radical (unpaired) electrons. The van der Waals surface area contributed by atoms with E-state index in [4.69, 9.17) is 14.2 Å². The molecule has 1 N–H and O–H groups in total. The van der Waals surface area contributed by atoms with Crippen molar-refractivity contribution in [3.8, 4) is 22.8 Å². The van der Waals surface area contributed by atoms with E-state index in [1.807, 2.05) is 0 Å². The molecule has 4 aromatic rings. The standard InChI is InChI=1S/C25H28N6O6S2/c1-16-25(38-17(2)28-16)39(33,34)29-20-12-19(13-27-23(20)35-3)18-4-5-22-26-14-21(24(32)31(22)15-18)37-11-8-30-6-9-36-10-7-30/h4-5,12-15,29H,6-11H2,1-3H3. The summed E-state index contributed by atoms with van der Waals surface area (Å²) < 4.78 is 46.7. The average Bonchev–Trinajstić information content (AvgIpc) is 3.29. The maximum atomic E-state index is 13.2. The predicted molar refractivity (Wildman–Crippen MR) is 146 cm³/mol. The Balaban J connectivity index is 1.42. The second-order valence-corrected chi connectivity index (χ2v) is 11.9. The molecule has 1 fully saturated rings. The number of anilines is 1. The Labute approximate surface area is 229 Å². The van der Waals surface area contributed by atoms with E-state index >= 15 is 0 Å². The van der Waals surface area contributed by atoms with E-state index in [0.717, 1.165) is 24.4 Å². The molecule has 0 bridgehead atoms. The Morgan fingerprint density at radius 2 is 1.92 bits per heavy atom. The van der Waals surface area contributed by atoms with Gasteiger partial charge in [0.05, 0.1) is 37.2 Å². The number of hydrogen-bond donors (Lipinski definition) is 1. The molecule has 5 rings (SSSR count). The molecule has 39 heavy (non-hydrogen) atoms. The number of thiazole rings is 1. The minimum Gasteiger partial charge on any atom is -0.485 e. The summed E-state index contributed by atoms with van der Waals surface area (Å²) in [4.78, 5) is 28.2. The van der Waals surface area contributed by atoms with Gasteiger partial charge in [0.1, 0.15) is 17.9 Å². The van der Waals surface area contributed by atoms with Crippen molar-refractivity contribution in [1.82, 2.24) is 24.3 Å². The molecular formula is C25H28N6O6S2. The summed E-state index contributed by atoms with van der Waals surface area (Å²) in [6.45, 7) is 7.48. The zero-order valence-corrected chi connectivity index (χ0v) is 23.3. The van der Waals surface area contributed by atoms with Gasteiger partial charge >= 0.3 is 0 Å². The summed E-state index contributed by atoms with van der Waals surface area (Å²) in [5.74, 6) is 0.256. The van der Waals surface area contributed by atoms with Gasteiger partial charge in [0.15, 0.2) is 4.21 Å². The van der Waals surface area contributed by atoms with E-state index in [1.165, 1.54) is 17.7 Å². The van der Waals surface area contributed by atoms with Crippen molar-refractivity contribution < 1.29 is 22.6 Å². The van der Waals surface area contributed by atoms with Crippen LogP contribution in [0.4, 0.5) is 5.69 Å². The van der Waals surface area contributed by atoms with Crippen molar-refractivity contribution in [1.29, 1.82) is 0 Å². The Morgan fingerprint density at radius 3 is 2.64 bits per heavy atom. The highest BCUT2D eigenvalue weighted by Gasteiger charge is 2.23. The Bertz CT molecular complexity index is 1660. The highest BCUT2D eigenvalue weighted by Crippen LogP contribution is 2.32. The van der Waals surface area contributed by atoms with Gasteiger partial charge < -0.3 is 14.2 Å². The van der Waals surface area contributed by atoms with Crippen LogP contribution in [0.25, 0.3) is 16.8 Å². The summed E-state index contributed by atoms with van der Waals surface area (Å²) in [6, 6.07) is 5.08. The van der Waals surface area contributed by atoms with E-state index in [-0.39, 0.29) is 27.1 Å². The van der Waals surface area contributed by atoms with Crippen molar-refractivity contribution in [2.45, 2.75) is 18.1 Å². The van der Waals surface area contributed by atoms with Crippen molar-refractivity contribution in [3.05, 3.63) is 57.8 Å². The predicted octanol–water partition coefficient (Wildman–Crippen LogP) is 2.35. The summed E-state index contributed by atoms with van der Waals surface area (Å²) in [5, 5.41) is 0.645. The molecule has 4 aromatic heterocycles. The summed E-state index contributed by atoms with van der Waals surface area (Å²) in [7, 11) is -2.52. The molecule has 12 nitrogen and oxygen atoms in total. The highest BCUT2D eigenvalue weighted by molar-refractivity contribution is 7.94. The third kappa shape index (κ3) is 5.88. The Morgan fingerprint density at radius 1 is 1.13 bits per heavy atom. The Kier molecular flexibility index (Phi) is 7.79.